The lowest BCUT2D eigenvalue weighted by Gasteiger charge is -2.23. The molecule has 3 rings (SSSR count). The summed E-state index contributed by atoms with van der Waals surface area (Å²) >= 11 is 0. The molecule has 0 spiro atoms. The highest BCUT2D eigenvalue weighted by Gasteiger charge is 2.39. The minimum absolute atomic E-state index is 0.0322. The van der Waals surface area contributed by atoms with Crippen molar-refractivity contribution in [1.29, 1.82) is 0 Å². The van der Waals surface area contributed by atoms with Crippen molar-refractivity contribution in [3.63, 3.8) is 0 Å². The summed E-state index contributed by atoms with van der Waals surface area (Å²) in [7, 11) is 0. The Kier molecular flexibility index (Phi) is 6.78. The van der Waals surface area contributed by atoms with Crippen LogP contribution in [0.25, 0.3) is 0 Å². The Morgan fingerprint density at radius 2 is 2.04 bits per heavy atom. The fourth-order valence-corrected chi connectivity index (χ4v) is 3.16. The molecule has 6 nitrogen and oxygen atoms in total. The van der Waals surface area contributed by atoms with E-state index in [1.807, 2.05) is 67.6 Å². The largest absolute Gasteiger partial charge is 0.465 e. The van der Waals surface area contributed by atoms with Crippen LogP contribution in [0.3, 0.4) is 0 Å². The molecule has 2 heterocycles. The zero-order chi connectivity index (χ0) is 20.0. The number of hydroxylamine groups is 2. The number of ether oxygens (including phenoxy) is 1. The SMILES string of the molecule is CC(C)(CO)COC(=O)[C@H]1C[C@H](c2cccnc2)N(OCc2ccccc2)C1. The smallest absolute Gasteiger partial charge is 0.310 e. The van der Waals surface area contributed by atoms with Gasteiger partial charge in [0, 0.05) is 24.4 Å². The molecule has 0 bridgehead atoms. The second-order valence-electron chi connectivity index (χ2n) is 8.02. The lowest BCUT2D eigenvalue weighted by molar-refractivity contribution is -0.184. The fraction of sp³-hybridized carbons (Fsp3) is 0.455. The fourth-order valence-electron chi connectivity index (χ4n) is 3.16. The average molecular weight is 384 g/mol. The van der Waals surface area contributed by atoms with E-state index in [1.165, 1.54) is 0 Å². The molecule has 1 saturated heterocycles. The third kappa shape index (κ3) is 5.38. The van der Waals surface area contributed by atoms with Crippen molar-refractivity contribution in [1.82, 2.24) is 10.0 Å². The Morgan fingerprint density at radius 3 is 2.71 bits per heavy atom. The van der Waals surface area contributed by atoms with E-state index in [1.54, 1.807) is 6.20 Å². The first-order chi connectivity index (χ1) is 13.5. The van der Waals surface area contributed by atoms with E-state index in [0.29, 0.717) is 19.6 Å². The van der Waals surface area contributed by atoms with Gasteiger partial charge in [-0.2, -0.15) is 5.06 Å². The highest BCUT2D eigenvalue weighted by molar-refractivity contribution is 5.73. The third-order valence-electron chi connectivity index (χ3n) is 4.93. The Morgan fingerprint density at radius 1 is 1.25 bits per heavy atom. The average Bonchev–Trinajstić information content (AvgIpc) is 3.16. The van der Waals surface area contributed by atoms with Crippen LogP contribution in [0.1, 0.15) is 37.4 Å². The van der Waals surface area contributed by atoms with Gasteiger partial charge in [-0.05, 0) is 23.6 Å². The number of benzene rings is 1. The van der Waals surface area contributed by atoms with Crippen LogP contribution < -0.4 is 0 Å². The van der Waals surface area contributed by atoms with Gasteiger partial charge < -0.3 is 9.84 Å². The third-order valence-corrected chi connectivity index (χ3v) is 4.93. The molecule has 1 aliphatic rings. The van der Waals surface area contributed by atoms with Gasteiger partial charge in [0.1, 0.15) is 0 Å². The standard InChI is InChI=1S/C22H28N2O4/c1-22(2,15-25)16-27-21(26)19-11-20(18-9-6-10-23-12-18)24(13-19)28-14-17-7-4-3-5-8-17/h3-10,12,19-20,25H,11,13-16H2,1-2H3/t19-,20+/m0/s1. The van der Waals surface area contributed by atoms with Gasteiger partial charge in [0.25, 0.3) is 0 Å². The monoisotopic (exact) mass is 384 g/mol. The second-order valence-corrected chi connectivity index (χ2v) is 8.02. The Labute approximate surface area is 166 Å². The molecule has 0 amide bonds. The quantitative estimate of drug-likeness (QED) is 0.705. The molecule has 1 aromatic carbocycles. The first-order valence-corrected chi connectivity index (χ1v) is 9.59. The van der Waals surface area contributed by atoms with Gasteiger partial charge in [-0.1, -0.05) is 50.2 Å². The van der Waals surface area contributed by atoms with Gasteiger partial charge in [-0.15, -0.1) is 0 Å². The molecule has 1 fully saturated rings. The number of carbonyl (C=O) groups excluding carboxylic acids is 1. The van der Waals surface area contributed by atoms with Crippen molar-refractivity contribution in [2.24, 2.45) is 11.3 Å². The zero-order valence-electron chi connectivity index (χ0n) is 16.5. The summed E-state index contributed by atoms with van der Waals surface area (Å²) < 4.78 is 5.48. The van der Waals surface area contributed by atoms with Gasteiger partial charge in [0.05, 0.1) is 31.8 Å². The number of hydrogen-bond acceptors (Lipinski definition) is 6. The van der Waals surface area contributed by atoms with Crippen LogP contribution in [0.2, 0.25) is 0 Å². The highest BCUT2D eigenvalue weighted by Crippen LogP contribution is 2.36. The lowest BCUT2D eigenvalue weighted by Crippen LogP contribution is -2.30. The van der Waals surface area contributed by atoms with Gasteiger partial charge in [0.15, 0.2) is 0 Å². The zero-order valence-corrected chi connectivity index (χ0v) is 16.5. The summed E-state index contributed by atoms with van der Waals surface area (Å²) in [5.41, 5.74) is 1.64. The van der Waals surface area contributed by atoms with Crippen LogP contribution >= 0.6 is 0 Å². The molecule has 1 N–H and O–H groups in total. The molecule has 2 atom stereocenters. The molecule has 1 aromatic heterocycles. The predicted molar refractivity (Wildman–Crippen MR) is 105 cm³/mol. The molecule has 0 aliphatic carbocycles. The van der Waals surface area contributed by atoms with E-state index >= 15 is 0 Å². The molecule has 2 aromatic rings. The number of hydrogen-bond donors (Lipinski definition) is 1. The summed E-state index contributed by atoms with van der Waals surface area (Å²) in [5, 5.41) is 11.2. The van der Waals surface area contributed by atoms with Crippen molar-refractivity contribution in [2.75, 3.05) is 19.8 Å². The summed E-state index contributed by atoms with van der Waals surface area (Å²) in [6, 6.07) is 13.8. The van der Waals surface area contributed by atoms with Crippen LogP contribution in [0, 0.1) is 11.3 Å². The van der Waals surface area contributed by atoms with E-state index < -0.39 is 5.41 Å². The van der Waals surface area contributed by atoms with Crippen molar-refractivity contribution in [3.8, 4) is 0 Å². The summed E-state index contributed by atoms with van der Waals surface area (Å²) in [5.74, 6) is -0.531. The number of nitrogens with zero attached hydrogens (tertiary/aromatic N) is 2. The molecule has 6 heteroatoms. The van der Waals surface area contributed by atoms with Crippen LogP contribution in [-0.2, 0) is 21.0 Å². The van der Waals surface area contributed by atoms with E-state index in [0.717, 1.165) is 11.1 Å². The van der Waals surface area contributed by atoms with E-state index in [-0.39, 0.29) is 31.1 Å². The number of esters is 1. The van der Waals surface area contributed by atoms with Gasteiger partial charge in [0.2, 0.25) is 0 Å². The maximum atomic E-state index is 12.6. The van der Waals surface area contributed by atoms with Crippen LogP contribution in [-0.4, -0.2) is 40.9 Å². The van der Waals surface area contributed by atoms with Gasteiger partial charge in [-0.25, -0.2) is 0 Å². The molecule has 0 saturated carbocycles. The van der Waals surface area contributed by atoms with Crippen LogP contribution in [0.4, 0.5) is 0 Å². The number of rotatable bonds is 8. The van der Waals surface area contributed by atoms with E-state index in [4.69, 9.17) is 9.57 Å². The number of aromatic nitrogens is 1. The number of aliphatic hydroxyl groups is 1. The lowest BCUT2D eigenvalue weighted by atomic mass is 9.96. The predicted octanol–water partition coefficient (Wildman–Crippen LogP) is 3.14. The molecular weight excluding hydrogens is 356 g/mol. The maximum absolute atomic E-state index is 12.6. The van der Waals surface area contributed by atoms with Crippen molar-refractivity contribution in [2.45, 2.75) is 32.9 Å². The topological polar surface area (TPSA) is 71.9 Å². The summed E-state index contributed by atoms with van der Waals surface area (Å²) in [6.07, 6.45) is 4.15. The van der Waals surface area contributed by atoms with E-state index in [2.05, 4.69) is 4.98 Å². The molecule has 1 aliphatic heterocycles. The second kappa shape index (κ2) is 9.28. The number of aliphatic hydroxyl groups excluding tert-OH is 1. The Bertz CT molecular complexity index is 752. The number of pyridine rings is 1. The van der Waals surface area contributed by atoms with E-state index in [9.17, 15) is 9.90 Å². The molecule has 0 radical (unpaired) electrons. The minimum atomic E-state index is -0.444. The van der Waals surface area contributed by atoms with Crippen molar-refractivity contribution in [3.05, 3.63) is 66.0 Å². The van der Waals surface area contributed by atoms with Crippen molar-refractivity contribution >= 4 is 5.97 Å². The van der Waals surface area contributed by atoms with Crippen LogP contribution in [0.15, 0.2) is 54.9 Å². The van der Waals surface area contributed by atoms with Gasteiger partial charge >= 0.3 is 5.97 Å². The van der Waals surface area contributed by atoms with Crippen molar-refractivity contribution < 1.29 is 19.5 Å². The Hall–Kier alpha value is -2.28. The highest BCUT2D eigenvalue weighted by atomic mass is 16.7. The summed E-state index contributed by atoms with van der Waals surface area (Å²) in [6.45, 7) is 4.80. The normalized spacial score (nSPS) is 20.2. The molecular formula is C22H28N2O4. The number of carbonyl (C=O) groups is 1. The molecule has 150 valence electrons. The minimum Gasteiger partial charge on any atom is -0.465 e. The first-order valence-electron chi connectivity index (χ1n) is 9.59. The van der Waals surface area contributed by atoms with Gasteiger partial charge in [-0.3, -0.25) is 14.6 Å². The summed E-state index contributed by atoms with van der Waals surface area (Å²) in [4.78, 5) is 22.9. The first kappa shape index (κ1) is 20.5. The molecule has 0 unspecified atom stereocenters. The maximum Gasteiger partial charge on any atom is 0.310 e. The van der Waals surface area contributed by atoms with Crippen LogP contribution in [0.5, 0.6) is 0 Å². The Balaban J connectivity index is 1.67. The molecule has 28 heavy (non-hydrogen) atoms.